The lowest BCUT2D eigenvalue weighted by atomic mass is 10.0. The van der Waals surface area contributed by atoms with Crippen LogP contribution in [0.15, 0.2) is 73.1 Å². The summed E-state index contributed by atoms with van der Waals surface area (Å²) in [4.78, 5) is 35.7. The molecule has 0 saturated heterocycles. The Balaban J connectivity index is 1.41. The fourth-order valence-electron chi connectivity index (χ4n) is 3.82. The molecule has 5 rings (SSSR count). The van der Waals surface area contributed by atoms with Crippen molar-refractivity contribution in [3.05, 3.63) is 89.9 Å². The Morgan fingerprint density at radius 3 is 2.56 bits per heavy atom. The highest BCUT2D eigenvalue weighted by atomic mass is 16.5. The Morgan fingerprint density at radius 1 is 0.971 bits per heavy atom. The average molecular weight is 452 g/mol. The van der Waals surface area contributed by atoms with Crippen LogP contribution in [0.4, 0.5) is 0 Å². The van der Waals surface area contributed by atoms with E-state index in [1.54, 1.807) is 19.4 Å². The number of amides is 1. The first-order valence-corrected chi connectivity index (χ1v) is 10.5. The van der Waals surface area contributed by atoms with Crippen LogP contribution in [-0.4, -0.2) is 39.0 Å². The molecule has 3 aromatic heterocycles. The van der Waals surface area contributed by atoms with Gasteiger partial charge in [0.15, 0.2) is 0 Å². The Morgan fingerprint density at radius 2 is 1.79 bits per heavy atom. The lowest BCUT2D eigenvalue weighted by molar-refractivity contribution is 0.0690. The highest BCUT2D eigenvalue weighted by Crippen LogP contribution is 2.29. The fourth-order valence-corrected chi connectivity index (χ4v) is 3.82. The molecule has 0 aliphatic carbocycles. The van der Waals surface area contributed by atoms with Crippen molar-refractivity contribution in [1.29, 1.82) is 0 Å². The number of aromatic carboxylic acids is 1. The van der Waals surface area contributed by atoms with E-state index in [0.29, 0.717) is 23.3 Å². The van der Waals surface area contributed by atoms with Gasteiger partial charge in [0, 0.05) is 34.6 Å². The van der Waals surface area contributed by atoms with Gasteiger partial charge in [-0.3, -0.25) is 4.79 Å². The smallest absolute Gasteiger partial charge is 0.354 e. The fraction of sp³-hybridized carbons (Fsp3) is 0.0769. The van der Waals surface area contributed by atoms with E-state index in [2.05, 4.69) is 20.3 Å². The monoisotopic (exact) mass is 452 g/mol. The van der Waals surface area contributed by atoms with Gasteiger partial charge in [-0.05, 0) is 47.5 Å². The number of benzene rings is 2. The van der Waals surface area contributed by atoms with Gasteiger partial charge < -0.3 is 20.1 Å². The second-order valence-electron chi connectivity index (χ2n) is 7.78. The molecule has 0 fully saturated rings. The summed E-state index contributed by atoms with van der Waals surface area (Å²) in [5.74, 6) is -0.510. The lowest BCUT2D eigenvalue weighted by Gasteiger charge is -2.08. The number of carbonyl (C=O) groups excluding carboxylic acids is 1. The minimum absolute atomic E-state index is 0.0330. The van der Waals surface area contributed by atoms with Crippen molar-refractivity contribution in [3.8, 4) is 16.9 Å². The molecule has 8 nitrogen and oxygen atoms in total. The van der Waals surface area contributed by atoms with Crippen LogP contribution in [0.2, 0.25) is 0 Å². The molecule has 0 spiro atoms. The number of carbonyl (C=O) groups is 2. The third kappa shape index (κ3) is 4.04. The number of ether oxygens (including phenoxy) is 1. The van der Waals surface area contributed by atoms with Gasteiger partial charge >= 0.3 is 5.97 Å². The van der Waals surface area contributed by atoms with Crippen LogP contribution in [0, 0.1) is 0 Å². The summed E-state index contributed by atoms with van der Waals surface area (Å²) >= 11 is 0. The molecular weight excluding hydrogens is 432 g/mol. The number of carboxylic acid groups (broad SMARTS) is 1. The molecule has 0 bridgehead atoms. The second kappa shape index (κ2) is 8.67. The number of methoxy groups -OCH3 is 1. The number of aromatic nitrogens is 3. The molecule has 5 aromatic rings. The molecule has 168 valence electrons. The number of nitrogens with one attached hydrogen (secondary N) is 2. The SMILES string of the molecule is COc1ccc(CNC(=O)c2cccc(-c3cnc4[nH]c5cnc(C(=O)O)cc5c4c3)c2)cc1. The Labute approximate surface area is 194 Å². The van der Waals surface area contributed by atoms with E-state index in [1.165, 1.54) is 12.3 Å². The van der Waals surface area contributed by atoms with Gasteiger partial charge in [-0.25, -0.2) is 14.8 Å². The van der Waals surface area contributed by atoms with Crippen LogP contribution in [0.25, 0.3) is 33.1 Å². The summed E-state index contributed by atoms with van der Waals surface area (Å²) in [7, 11) is 1.61. The van der Waals surface area contributed by atoms with Gasteiger partial charge in [0.1, 0.15) is 17.1 Å². The van der Waals surface area contributed by atoms with E-state index >= 15 is 0 Å². The van der Waals surface area contributed by atoms with Gasteiger partial charge in [0.25, 0.3) is 5.91 Å². The number of carboxylic acids is 1. The Bertz CT molecular complexity index is 1540. The number of aromatic amines is 1. The van der Waals surface area contributed by atoms with Crippen molar-refractivity contribution in [1.82, 2.24) is 20.3 Å². The number of rotatable bonds is 6. The molecule has 0 unspecified atom stereocenters. The summed E-state index contributed by atoms with van der Waals surface area (Å²) in [6, 6.07) is 18.3. The van der Waals surface area contributed by atoms with Crippen LogP contribution in [0.5, 0.6) is 5.75 Å². The molecular formula is C26H20N4O4. The largest absolute Gasteiger partial charge is 0.497 e. The number of pyridine rings is 2. The molecule has 1 amide bonds. The van der Waals surface area contributed by atoms with Crippen LogP contribution in [0.1, 0.15) is 26.4 Å². The molecule has 3 N–H and O–H groups in total. The first-order valence-electron chi connectivity index (χ1n) is 10.5. The predicted octanol–water partition coefficient (Wildman–Crippen LogP) is 4.41. The lowest BCUT2D eigenvalue weighted by Crippen LogP contribution is -2.22. The molecule has 0 aliphatic rings. The molecule has 0 atom stereocenters. The quantitative estimate of drug-likeness (QED) is 0.351. The number of nitrogens with zero attached hydrogens (tertiary/aromatic N) is 2. The van der Waals surface area contributed by atoms with E-state index in [9.17, 15) is 14.7 Å². The van der Waals surface area contributed by atoms with E-state index in [4.69, 9.17) is 4.74 Å². The van der Waals surface area contributed by atoms with Crippen LogP contribution < -0.4 is 10.1 Å². The highest BCUT2D eigenvalue weighted by molar-refractivity contribution is 6.08. The maximum absolute atomic E-state index is 12.8. The van der Waals surface area contributed by atoms with Crippen molar-refractivity contribution in [3.63, 3.8) is 0 Å². The molecule has 34 heavy (non-hydrogen) atoms. The summed E-state index contributed by atoms with van der Waals surface area (Å²) < 4.78 is 5.16. The normalized spacial score (nSPS) is 11.0. The maximum atomic E-state index is 12.8. The van der Waals surface area contributed by atoms with Crippen molar-refractivity contribution >= 4 is 33.8 Å². The maximum Gasteiger partial charge on any atom is 0.354 e. The summed E-state index contributed by atoms with van der Waals surface area (Å²) in [5.41, 5.74) is 4.44. The minimum atomic E-state index is -1.09. The molecule has 0 saturated carbocycles. The Kier molecular flexibility index (Phi) is 5.39. The van der Waals surface area contributed by atoms with Gasteiger partial charge in [0.05, 0.1) is 18.8 Å². The van der Waals surface area contributed by atoms with Crippen LogP contribution >= 0.6 is 0 Å². The van der Waals surface area contributed by atoms with Crippen LogP contribution in [-0.2, 0) is 6.54 Å². The van der Waals surface area contributed by atoms with Crippen molar-refractivity contribution < 1.29 is 19.4 Å². The second-order valence-corrected chi connectivity index (χ2v) is 7.78. The zero-order chi connectivity index (χ0) is 23.7. The van der Waals surface area contributed by atoms with E-state index in [-0.39, 0.29) is 11.6 Å². The molecule has 0 radical (unpaired) electrons. The zero-order valence-corrected chi connectivity index (χ0v) is 18.2. The standard InChI is InChI=1S/C26H20N4O4/c1-34-19-7-5-15(6-8-19)12-29-25(31)17-4-2-3-16(9-17)18-10-21-20-11-22(26(32)33)27-14-23(20)30-24(21)28-13-18/h2-11,13-14H,12H2,1H3,(H,28,30)(H,29,31)(H,32,33). The first kappa shape index (κ1) is 21.1. The van der Waals surface area contributed by atoms with E-state index in [1.807, 2.05) is 48.5 Å². The summed E-state index contributed by atoms with van der Waals surface area (Å²) in [6.45, 7) is 0.399. The van der Waals surface area contributed by atoms with Gasteiger partial charge in [-0.15, -0.1) is 0 Å². The predicted molar refractivity (Wildman–Crippen MR) is 128 cm³/mol. The van der Waals surface area contributed by atoms with Crippen molar-refractivity contribution in [2.45, 2.75) is 6.54 Å². The van der Waals surface area contributed by atoms with Crippen molar-refractivity contribution in [2.24, 2.45) is 0 Å². The molecule has 3 heterocycles. The molecule has 8 heteroatoms. The van der Waals surface area contributed by atoms with Crippen molar-refractivity contribution in [2.75, 3.05) is 7.11 Å². The first-order chi connectivity index (χ1) is 16.5. The minimum Gasteiger partial charge on any atom is -0.497 e. The molecule has 2 aromatic carbocycles. The number of fused-ring (bicyclic) bond motifs is 3. The summed E-state index contributed by atoms with van der Waals surface area (Å²) in [6.07, 6.45) is 3.21. The number of hydrogen-bond acceptors (Lipinski definition) is 5. The molecule has 0 aliphatic heterocycles. The van der Waals surface area contributed by atoms with E-state index < -0.39 is 5.97 Å². The van der Waals surface area contributed by atoms with E-state index in [0.717, 1.165) is 33.2 Å². The Hall–Kier alpha value is -4.72. The number of H-pyrrole nitrogens is 1. The van der Waals surface area contributed by atoms with Crippen LogP contribution in [0.3, 0.4) is 0 Å². The average Bonchev–Trinajstić information content (AvgIpc) is 3.24. The third-order valence-electron chi connectivity index (χ3n) is 5.62. The van der Waals surface area contributed by atoms with Gasteiger partial charge in [-0.1, -0.05) is 24.3 Å². The highest BCUT2D eigenvalue weighted by Gasteiger charge is 2.13. The van der Waals surface area contributed by atoms with Gasteiger partial charge in [-0.2, -0.15) is 0 Å². The third-order valence-corrected chi connectivity index (χ3v) is 5.62. The zero-order valence-electron chi connectivity index (χ0n) is 18.2. The summed E-state index contributed by atoms with van der Waals surface area (Å²) in [5, 5.41) is 13.7. The topological polar surface area (TPSA) is 117 Å². The van der Waals surface area contributed by atoms with Gasteiger partial charge in [0.2, 0.25) is 0 Å². The number of hydrogen-bond donors (Lipinski definition) is 3.